The highest BCUT2D eigenvalue weighted by Gasteiger charge is 2.34. The molecule has 2 bridgehead atoms. The summed E-state index contributed by atoms with van der Waals surface area (Å²) in [5.41, 5.74) is 1.27. The number of hydrogen-bond donors (Lipinski definition) is 1. The van der Waals surface area contributed by atoms with Crippen molar-refractivity contribution in [1.82, 2.24) is 10.3 Å². The number of rotatable bonds is 3. The van der Waals surface area contributed by atoms with Crippen molar-refractivity contribution >= 4 is 5.82 Å². The van der Waals surface area contributed by atoms with Crippen molar-refractivity contribution in [1.29, 1.82) is 0 Å². The van der Waals surface area contributed by atoms with Crippen molar-refractivity contribution in [3.63, 3.8) is 0 Å². The summed E-state index contributed by atoms with van der Waals surface area (Å²) in [5.74, 6) is 1.13. The van der Waals surface area contributed by atoms with Crippen LogP contribution in [0, 0.1) is 0 Å². The van der Waals surface area contributed by atoms with Crippen LogP contribution in [-0.4, -0.2) is 37.3 Å². The Labute approximate surface area is 102 Å². The molecule has 2 aliphatic rings. The van der Waals surface area contributed by atoms with E-state index in [0.29, 0.717) is 12.2 Å². The number of fused-ring (bicyclic) bond motifs is 2. The lowest BCUT2D eigenvalue weighted by Crippen LogP contribution is -2.43. The standard InChI is InChI=1S/C13H19N3O/c1-14-7-10-3-2-6-15-13(10)16-8-11-4-5-12(9-16)17-11/h2-3,6,11-12,14H,4-5,7-9H2,1H3. The Morgan fingerprint density at radius 3 is 2.88 bits per heavy atom. The molecule has 1 aromatic rings. The van der Waals surface area contributed by atoms with Crippen molar-refractivity contribution in [3.05, 3.63) is 23.9 Å². The average Bonchev–Trinajstić information content (AvgIpc) is 2.69. The van der Waals surface area contributed by atoms with E-state index in [1.807, 2.05) is 19.3 Å². The first-order valence-electron chi connectivity index (χ1n) is 6.35. The van der Waals surface area contributed by atoms with Crippen LogP contribution in [-0.2, 0) is 11.3 Å². The Balaban J connectivity index is 1.83. The largest absolute Gasteiger partial charge is 0.371 e. The van der Waals surface area contributed by atoms with Gasteiger partial charge in [-0.1, -0.05) is 6.07 Å². The highest BCUT2D eigenvalue weighted by atomic mass is 16.5. The molecule has 0 spiro atoms. The van der Waals surface area contributed by atoms with Gasteiger partial charge in [-0.05, 0) is 26.0 Å². The van der Waals surface area contributed by atoms with Crippen molar-refractivity contribution in [2.75, 3.05) is 25.0 Å². The van der Waals surface area contributed by atoms with Crippen molar-refractivity contribution in [2.24, 2.45) is 0 Å². The average molecular weight is 233 g/mol. The third-order valence-corrected chi connectivity index (χ3v) is 3.58. The van der Waals surface area contributed by atoms with Gasteiger partial charge in [-0.3, -0.25) is 0 Å². The van der Waals surface area contributed by atoms with Crippen molar-refractivity contribution in [2.45, 2.75) is 31.6 Å². The Morgan fingerprint density at radius 2 is 2.18 bits per heavy atom. The Kier molecular flexibility index (Phi) is 2.99. The molecule has 0 aromatic carbocycles. The molecular weight excluding hydrogens is 214 g/mol. The molecule has 0 aliphatic carbocycles. The summed E-state index contributed by atoms with van der Waals surface area (Å²) in [7, 11) is 1.97. The first-order chi connectivity index (χ1) is 8.36. The molecule has 2 fully saturated rings. The smallest absolute Gasteiger partial charge is 0.133 e. The lowest BCUT2D eigenvalue weighted by atomic mass is 10.2. The lowest BCUT2D eigenvalue weighted by Gasteiger charge is -2.34. The predicted molar refractivity (Wildman–Crippen MR) is 67.1 cm³/mol. The maximum absolute atomic E-state index is 5.86. The molecule has 4 heteroatoms. The molecule has 0 saturated carbocycles. The molecule has 17 heavy (non-hydrogen) atoms. The highest BCUT2D eigenvalue weighted by molar-refractivity contribution is 5.47. The third kappa shape index (κ3) is 2.15. The minimum Gasteiger partial charge on any atom is -0.371 e. The van der Waals surface area contributed by atoms with Crippen LogP contribution in [0.3, 0.4) is 0 Å². The molecule has 2 aliphatic heterocycles. The first-order valence-corrected chi connectivity index (χ1v) is 6.35. The summed E-state index contributed by atoms with van der Waals surface area (Å²) >= 11 is 0. The van der Waals surface area contributed by atoms with Gasteiger partial charge in [0.1, 0.15) is 5.82 Å². The highest BCUT2D eigenvalue weighted by Crippen LogP contribution is 2.30. The van der Waals surface area contributed by atoms with Gasteiger partial charge in [0.15, 0.2) is 0 Å². The maximum Gasteiger partial charge on any atom is 0.133 e. The van der Waals surface area contributed by atoms with Gasteiger partial charge in [-0.25, -0.2) is 4.98 Å². The number of pyridine rings is 1. The van der Waals surface area contributed by atoms with Crippen LogP contribution in [0.2, 0.25) is 0 Å². The van der Waals surface area contributed by atoms with Gasteiger partial charge < -0.3 is 15.0 Å². The zero-order valence-corrected chi connectivity index (χ0v) is 10.2. The van der Waals surface area contributed by atoms with E-state index >= 15 is 0 Å². The van der Waals surface area contributed by atoms with Crippen LogP contribution in [0.4, 0.5) is 5.82 Å². The molecule has 3 heterocycles. The second-order valence-corrected chi connectivity index (χ2v) is 4.88. The first kappa shape index (κ1) is 11.0. The van der Waals surface area contributed by atoms with Crippen molar-refractivity contribution in [3.8, 4) is 0 Å². The van der Waals surface area contributed by atoms with Crippen LogP contribution in [0.25, 0.3) is 0 Å². The van der Waals surface area contributed by atoms with E-state index in [-0.39, 0.29) is 0 Å². The van der Waals surface area contributed by atoms with Gasteiger partial charge in [0.25, 0.3) is 0 Å². The zero-order chi connectivity index (χ0) is 11.7. The van der Waals surface area contributed by atoms with E-state index in [0.717, 1.165) is 25.5 Å². The second-order valence-electron chi connectivity index (χ2n) is 4.88. The third-order valence-electron chi connectivity index (χ3n) is 3.58. The molecule has 1 N–H and O–H groups in total. The molecule has 92 valence electrons. The van der Waals surface area contributed by atoms with Gasteiger partial charge in [0, 0.05) is 31.4 Å². The van der Waals surface area contributed by atoms with Gasteiger partial charge in [-0.15, -0.1) is 0 Å². The molecule has 3 rings (SSSR count). The molecule has 0 amide bonds. The topological polar surface area (TPSA) is 37.4 Å². The number of morpholine rings is 1. The van der Waals surface area contributed by atoms with E-state index in [1.165, 1.54) is 18.4 Å². The summed E-state index contributed by atoms with van der Waals surface area (Å²) in [6.45, 7) is 2.85. The number of nitrogens with zero attached hydrogens (tertiary/aromatic N) is 2. The van der Waals surface area contributed by atoms with Crippen LogP contribution in [0.1, 0.15) is 18.4 Å². The summed E-state index contributed by atoms with van der Waals surface area (Å²) in [4.78, 5) is 6.94. The molecule has 2 atom stereocenters. The summed E-state index contributed by atoms with van der Waals surface area (Å²) in [6.07, 6.45) is 5.12. The zero-order valence-electron chi connectivity index (χ0n) is 10.2. The minimum atomic E-state index is 0.415. The van der Waals surface area contributed by atoms with Crippen LogP contribution >= 0.6 is 0 Å². The van der Waals surface area contributed by atoms with Gasteiger partial charge in [0.2, 0.25) is 0 Å². The monoisotopic (exact) mass is 233 g/mol. The van der Waals surface area contributed by atoms with E-state index in [4.69, 9.17) is 4.74 Å². The van der Waals surface area contributed by atoms with Crippen LogP contribution < -0.4 is 10.2 Å². The summed E-state index contributed by atoms with van der Waals surface area (Å²) in [5, 5.41) is 3.20. The van der Waals surface area contributed by atoms with Gasteiger partial charge >= 0.3 is 0 Å². The quantitative estimate of drug-likeness (QED) is 0.850. The van der Waals surface area contributed by atoms with Crippen LogP contribution in [0.15, 0.2) is 18.3 Å². The Morgan fingerprint density at radius 1 is 1.41 bits per heavy atom. The van der Waals surface area contributed by atoms with Gasteiger partial charge in [-0.2, -0.15) is 0 Å². The number of nitrogens with one attached hydrogen (secondary N) is 1. The van der Waals surface area contributed by atoms with E-state index < -0.39 is 0 Å². The van der Waals surface area contributed by atoms with Crippen LogP contribution in [0.5, 0.6) is 0 Å². The Hall–Kier alpha value is -1.13. The fourth-order valence-corrected chi connectivity index (χ4v) is 2.83. The molecule has 0 radical (unpaired) electrons. The SMILES string of the molecule is CNCc1cccnc1N1CC2CCC(C1)O2. The molecular formula is C13H19N3O. The Bertz CT molecular complexity index is 384. The normalized spacial score (nSPS) is 27.5. The fraction of sp³-hybridized carbons (Fsp3) is 0.615. The number of hydrogen-bond acceptors (Lipinski definition) is 4. The number of aromatic nitrogens is 1. The summed E-state index contributed by atoms with van der Waals surface area (Å²) < 4.78 is 5.86. The van der Waals surface area contributed by atoms with E-state index in [1.54, 1.807) is 0 Å². The fourth-order valence-electron chi connectivity index (χ4n) is 2.83. The van der Waals surface area contributed by atoms with E-state index in [2.05, 4.69) is 21.3 Å². The minimum absolute atomic E-state index is 0.415. The lowest BCUT2D eigenvalue weighted by molar-refractivity contribution is 0.0301. The predicted octanol–water partition coefficient (Wildman–Crippen LogP) is 1.17. The number of ether oxygens (including phenoxy) is 1. The van der Waals surface area contributed by atoms with E-state index in [9.17, 15) is 0 Å². The molecule has 2 saturated heterocycles. The maximum atomic E-state index is 5.86. The van der Waals surface area contributed by atoms with Crippen molar-refractivity contribution < 1.29 is 4.74 Å². The van der Waals surface area contributed by atoms with Gasteiger partial charge in [0.05, 0.1) is 12.2 Å². The molecule has 4 nitrogen and oxygen atoms in total. The number of anilines is 1. The summed E-state index contributed by atoms with van der Waals surface area (Å²) in [6, 6.07) is 4.15. The molecule has 2 unspecified atom stereocenters. The second kappa shape index (κ2) is 4.63. The molecule has 1 aromatic heterocycles.